The van der Waals surface area contributed by atoms with Crippen LogP contribution >= 0.6 is 12.2 Å². The lowest BCUT2D eigenvalue weighted by molar-refractivity contribution is -0.906. The molecule has 6 nitrogen and oxygen atoms in total. The Morgan fingerprint density at radius 3 is 2.90 bits per heavy atom. The van der Waals surface area contributed by atoms with Gasteiger partial charge in [0.25, 0.3) is 0 Å². The van der Waals surface area contributed by atoms with Crippen LogP contribution in [0.2, 0.25) is 0 Å². The molecule has 21 heavy (non-hydrogen) atoms. The molecule has 0 spiro atoms. The van der Waals surface area contributed by atoms with Gasteiger partial charge in [0.05, 0.1) is 32.5 Å². The Hall–Kier alpha value is -1.44. The number of thiocarbonyl (C=S) groups is 1. The van der Waals surface area contributed by atoms with Crippen molar-refractivity contribution in [1.82, 2.24) is 15.7 Å². The zero-order valence-electron chi connectivity index (χ0n) is 12.7. The van der Waals surface area contributed by atoms with Crippen LogP contribution in [-0.2, 0) is 4.74 Å². The lowest BCUT2D eigenvalue weighted by Crippen LogP contribution is -3.14. The van der Waals surface area contributed by atoms with Gasteiger partial charge in [-0.3, -0.25) is 5.43 Å². The molecule has 1 aliphatic heterocycles. The first-order chi connectivity index (χ1) is 10.1. The molecule has 7 heteroatoms. The van der Waals surface area contributed by atoms with Crippen molar-refractivity contribution < 1.29 is 9.64 Å². The van der Waals surface area contributed by atoms with Crippen molar-refractivity contribution in [2.75, 3.05) is 39.4 Å². The highest BCUT2D eigenvalue weighted by Gasteiger charge is 2.12. The van der Waals surface area contributed by atoms with E-state index in [1.807, 2.05) is 13.8 Å². The van der Waals surface area contributed by atoms with Gasteiger partial charge in [-0.1, -0.05) is 0 Å². The van der Waals surface area contributed by atoms with Gasteiger partial charge in [0.2, 0.25) is 0 Å². The van der Waals surface area contributed by atoms with E-state index in [0.29, 0.717) is 5.11 Å². The predicted molar refractivity (Wildman–Crippen MR) is 88.0 cm³/mol. The highest BCUT2D eigenvalue weighted by atomic mass is 32.1. The van der Waals surface area contributed by atoms with Crippen molar-refractivity contribution in [3.05, 3.63) is 23.0 Å². The number of aromatic amines is 1. The number of aryl methyl sites for hydroxylation is 2. The molecule has 1 saturated heterocycles. The third-order valence-electron chi connectivity index (χ3n) is 3.52. The molecule has 1 fully saturated rings. The minimum Gasteiger partial charge on any atom is -0.370 e. The molecule has 2 heterocycles. The summed E-state index contributed by atoms with van der Waals surface area (Å²) in [6.07, 6.45) is 1.78. The topological polar surface area (TPSA) is 65.9 Å². The van der Waals surface area contributed by atoms with Gasteiger partial charge in [-0.15, -0.1) is 0 Å². The van der Waals surface area contributed by atoms with Gasteiger partial charge in [0, 0.05) is 17.0 Å². The van der Waals surface area contributed by atoms with E-state index < -0.39 is 0 Å². The van der Waals surface area contributed by atoms with Crippen LogP contribution in [0.5, 0.6) is 0 Å². The summed E-state index contributed by atoms with van der Waals surface area (Å²) in [6.45, 7) is 9.81. The average Bonchev–Trinajstić information content (AvgIpc) is 2.78. The van der Waals surface area contributed by atoms with E-state index in [0.717, 1.165) is 56.3 Å². The Labute approximate surface area is 130 Å². The molecule has 0 unspecified atom stereocenters. The number of nitrogens with zero attached hydrogens (tertiary/aromatic N) is 1. The van der Waals surface area contributed by atoms with Crippen molar-refractivity contribution >= 4 is 23.5 Å². The van der Waals surface area contributed by atoms with E-state index in [9.17, 15) is 0 Å². The first-order valence-corrected chi connectivity index (χ1v) is 7.70. The molecule has 1 aromatic rings. The van der Waals surface area contributed by atoms with Crippen LogP contribution < -0.4 is 15.6 Å². The van der Waals surface area contributed by atoms with E-state index in [-0.39, 0.29) is 0 Å². The quantitative estimate of drug-likeness (QED) is 0.331. The maximum atomic E-state index is 5.33. The summed E-state index contributed by atoms with van der Waals surface area (Å²) in [5.41, 5.74) is 6.15. The largest absolute Gasteiger partial charge is 0.370 e. The Kier molecular flexibility index (Phi) is 6.16. The normalized spacial score (nSPS) is 16.3. The second-order valence-electron chi connectivity index (χ2n) is 5.27. The molecule has 116 valence electrons. The van der Waals surface area contributed by atoms with Crippen LogP contribution in [0.15, 0.2) is 11.2 Å². The molecule has 0 aromatic carbocycles. The maximum Gasteiger partial charge on any atom is 0.187 e. The van der Waals surface area contributed by atoms with Crippen LogP contribution in [0.3, 0.4) is 0 Å². The summed E-state index contributed by atoms with van der Waals surface area (Å²) in [5.74, 6) is 0. The summed E-state index contributed by atoms with van der Waals surface area (Å²) in [4.78, 5) is 4.79. The van der Waals surface area contributed by atoms with E-state index in [4.69, 9.17) is 17.0 Å². The number of hydrogen-bond donors (Lipinski definition) is 4. The van der Waals surface area contributed by atoms with Crippen LogP contribution in [0, 0.1) is 13.8 Å². The monoisotopic (exact) mass is 310 g/mol. The number of aromatic nitrogens is 1. The highest BCUT2D eigenvalue weighted by Crippen LogP contribution is 2.05. The molecule has 0 radical (unpaired) electrons. The minimum atomic E-state index is 0.559. The lowest BCUT2D eigenvalue weighted by atomic mass is 10.3. The van der Waals surface area contributed by atoms with Crippen molar-refractivity contribution in [2.24, 2.45) is 5.10 Å². The molecule has 0 saturated carbocycles. The first kappa shape index (κ1) is 15.9. The average molecular weight is 310 g/mol. The molecule has 1 aromatic heterocycles. The highest BCUT2D eigenvalue weighted by molar-refractivity contribution is 7.80. The van der Waals surface area contributed by atoms with Crippen molar-refractivity contribution in [1.29, 1.82) is 0 Å². The third kappa shape index (κ3) is 5.45. The number of hydrogen-bond acceptors (Lipinski definition) is 3. The van der Waals surface area contributed by atoms with Crippen LogP contribution in [0.25, 0.3) is 0 Å². The number of quaternary nitrogens is 1. The Balaban J connectivity index is 1.64. The zero-order valence-corrected chi connectivity index (χ0v) is 13.5. The SMILES string of the molecule is Cc1cc(/C=N/NC(=S)NCC[NH+]2CCOCC2)c(C)[nH]1. The van der Waals surface area contributed by atoms with Gasteiger partial charge >= 0.3 is 0 Å². The molecule has 0 bridgehead atoms. The zero-order chi connectivity index (χ0) is 15.1. The molecular weight excluding hydrogens is 286 g/mol. The number of H-pyrrole nitrogens is 1. The summed E-state index contributed by atoms with van der Waals surface area (Å²) in [5, 5.41) is 7.89. The number of nitrogens with one attached hydrogen (secondary N) is 4. The van der Waals surface area contributed by atoms with Crippen molar-refractivity contribution in [2.45, 2.75) is 13.8 Å². The van der Waals surface area contributed by atoms with Crippen molar-refractivity contribution in [3.63, 3.8) is 0 Å². The second kappa shape index (κ2) is 8.11. The van der Waals surface area contributed by atoms with E-state index in [2.05, 4.69) is 26.9 Å². The van der Waals surface area contributed by atoms with Gasteiger partial charge in [-0.2, -0.15) is 5.10 Å². The van der Waals surface area contributed by atoms with E-state index in [1.165, 1.54) is 0 Å². The van der Waals surface area contributed by atoms with Crippen molar-refractivity contribution in [3.8, 4) is 0 Å². The lowest BCUT2D eigenvalue weighted by Gasteiger charge is -2.23. The minimum absolute atomic E-state index is 0.559. The molecule has 0 aliphatic carbocycles. The molecule has 4 N–H and O–H groups in total. The molecule has 2 rings (SSSR count). The third-order valence-corrected chi connectivity index (χ3v) is 3.76. The Bertz CT molecular complexity index is 494. The van der Waals surface area contributed by atoms with E-state index in [1.54, 1.807) is 11.1 Å². The Morgan fingerprint density at radius 2 is 2.24 bits per heavy atom. The Morgan fingerprint density at radius 1 is 1.48 bits per heavy atom. The number of rotatable bonds is 5. The fourth-order valence-electron chi connectivity index (χ4n) is 2.34. The molecular formula is C14H24N5OS+. The first-order valence-electron chi connectivity index (χ1n) is 7.29. The number of morpholine rings is 1. The predicted octanol–water partition coefficient (Wildman–Crippen LogP) is -0.655. The summed E-state index contributed by atoms with van der Waals surface area (Å²) < 4.78 is 5.33. The molecule has 1 aliphatic rings. The van der Waals surface area contributed by atoms with Crippen LogP contribution in [0.4, 0.5) is 0 Å². The van der Waals surface area contributed by atoms with Gasteiger partial charge in [0.1, 0.15) is 13.1 Å². The van der Waals surface area contributed by atoms with E-state index >= 15 is 0 Å². The fraction of sp³-hybridized carbons (Fsp3) is 0.571. The number of hydrazone groups is 1. The van der Waals surface area contributed by atoms with Crippen LogP contribution in [0.1, 0.15) is 17.0 Å². The summed E-state index contributed by atoms with van der Waals surface area (Å²) in [6, 6.07) is 2.05. The van der Waals surface area contributed by atoms with Gasteiger partial charge in [-0.25, -0.2) is 0 Å². The fourth-order valence-corrected chi connectivity index (χ4v) is 2.50. The van der Waals surface area contributed by atoms with Gasteiger partial charge in [0.15, 0.2) is 5.11 Å². The maximum absolute atomic E-state index is 5.33. The van der Waals surface area contributed by atoms with Gasteiger partial charge < -0.3 is 19.9 Å². The van der Waals surface area contributed by atoms with Crippen LogP contribution in [-0.4, -0.2) is 55.7 Å². The van der Waals surface area contributed by atoms with Gasteiger partial charge in [-0.05, 0) is 32.1 Å². The second-order valence-corrected chi connectivity index (χ2v) is 5.68. The molecule has 0 atom stereocenters. The summed E-state index contributed by atoms with van der Waals surface area (Å²) >= 11 is 5.20. The standard InChI is InChI=1S/C14H23N5OS/c1-11-9-13(12(2)17-11)10-16-18-14(21)15-3-4-19-5-7-20-8-6-19/h9-10,17H,3-8H2,1-2H3,(H2,15,18,21)/p+1/b16-10+. The number of ether oxygens (including phenoxy) is 1. The molecule has 0 amide bonds. The summed E-state index contributed by atoms with van der Waals surface area (Å²) in [7, 11) is 0. The smallest absolute Gasteiger partial charge is 0.187 e.